The van der Waals surface area contributed by atoms with Gasteiger partial charge < -0.3 is 29.2 Å². The van der Waals surface area contributed by atoms with Gasteiger partial charge >= 0.3 is 11.9 Å². The number of carboxylic acids is 2. The number of methoxy groups -OCH3 is 1. The molecule has 0 spiro atoms. The first kappa shape index (κ1) is 22.3. The fourth-order valence-electron chi connectivity index (χ4n) is 4.05. The molecule has 1 aliphatic heterocycles. The molecule has 0 saturated carbocycles. The number of carbonyl (C=O) groups is 2. The van der Waals surface area contributed by atoms with Gasteiger partial charge in [-0.2, -0.15) is 0 Å². The maximum Gasteiger partial charge on any atom is 0.341 e. The van der Waals surface area contributed by atoms with Crippen molar-refractivity contribution in [3.8, 4) is 23.0 Å². The minimum absolute atomic E-state index is 0.143. The molecule has 0 aromatic heterocycles. The van der Waals surface area contributed by atoms with Crippen molar-refractivity contribution in [2.75, 3.05) is 20.5 Å². The molecule has 31 heavy (non-hydrogen) atoms. The first-order valence-corrected chi connectivity index (χ1v) is 10.0. The lowest BCUT2D eigenvalue weighted by atomic mass is 9.74. The van der Waals surface area contributed by atoms with Gasteiger partial charge in [-0.05, 0) is 47.6 Å². The molecule has 0 fully saturated rings. The Morgan fingerprint density at radius 2 is 1.84 bits per heavy atom. The molecule has 1 heterocycles. The first-order chi connectivity index (χ1) is 14.8. The predicted molar refractivity (Wildman–Crippen MR) is 111 cm³/mol. The van der Waals surface area contributed by atoms with Crippen LogP contribution in [0.4, 0.5) is 0 Å². The Bertz CT molecular complexity index is 955. The van der Waals surface area contributed by atoms with Gasteiger partial charge in [-0.15, -0.1) is 0 Å². The molecule has 0 aliphatic carbocycles. The van der Waals surface area contributed by atoms with Crippen LogP contribution in [0.25, 0.3) is 0 Å². The first-order valence-electron chi connectivity index (χ1n) is 10.0. The lowest BCUT2D eigenvalue weighted by Gasteiger charge is -2.30. The number of carboxylic acid groups (broad SMARTS) is 2. The average molecular weight is 430 g/mol. The average Bonchev–Trinajstić information content (AvgIpc) is 3.22. The van der Waals surface area contributed by atoms with Crippen LogP contribution in [0.15, 0.2) is 36.4 Å². The maximum atomic E-state index is 12.4. The minimum Gasteiger partial charge on any atom is -0.497 e. The molecule has 0 radical (unpaired) electrons. The summed E-state index contributed by atoms with van der Waals surface area (Å²) in [5, 5.41) is 19.2. The number of fused-ring (bicyclic) bond motifs is 1. The smallest absolute Gasteiger partial charge is 0.341 e. The summed E-state index contributed by atoms with van der Waals surface area (Å²) in [7, 11) is 1.49. The van der Waals surface area contributed by atoms with E-state index in [1.54, 1.807) is 24.3 Å². The third-order valence-electron chi connectivity index (χ3n) is 5.58. The monoisotopic (exact) mass is 430 g/mol. The van der Waals surface area contributed by atoms with Crippen molar-refractivity contribution in [3.05, 3.63) is 47.5 Å². The Morgan fingerprint density at radius 3 is 2.48 bits per heavy atom. The number of benzene rings is 2. The fraction of sp³-hybridized carbons (Fsp3) is 0.391. The SMILES string of the molecule is CCC(c1ccc2c(c1)OCO2)C(C(=O)O)C(C)c1ccc(OC)cc1OCC(=O)O. The van der Waals surface area contributed by atoms with Crippen LogP contribution in [0.1, 0.15) is 43.2 Å². The van der Waals surface area contributed by atoms with E-state index in [-0.39, 0.29) is 12.7 Å². The lowest BCUT2D eigenvalue weighted by molar-refractivity contribution is -0.143. The van der Waals surface area contributed by atoms with Gasteiger partial charge in [0.15, 0.2) is 18.1 Å². The topological polar surface area (TPSA) is 112 Å². The Labute approximate surface area is 180 Å². The molecule has 3 rings (SSSR count). The van der Waals surface area contributed by atoms with Crippen molar-refractivity contribution < 1.29 is 38.7 Å². The van der Waals surface area contributed by atoms with Crippen molar-refractivity contribution >= 4 is 11.9 Å². The van der Waals surface area contributed by atoms with E-state index in [2.05, 4.69) is 0 Å². The second-order valence-corrected chi connectivity index (χ2v) is 7.37. The van der Waals surface area contributed by atoms with E-state index in [0.29, 0.717) is 35.0 Å². The van der Waals surface area contributed by atoms with Crippen LogP contribution in [0.3, 0.4) is 0 Å². The van der Waals surface area contributed by atoms with Crippen LogP contribution in [-0.2, 0) is 9.59 Å². The van der Waals surface area contributed by atoms with Crippen molar-refractivity contribution in [1.82, 2.24) is 0 Å². The van der Waals surface area contributed by atoms with Crippen LogP contribution < -0.4 is 18.9 Å². The Balaban J connectivity index is 1.98. The van der Waals surface area contributed by atoms with E-state index in [1.807, 2.05) is 26.0 Å². The summed E-state index contributed by atoms with van der Waals surface area (Å²) >= 11 is 0. The molecule has 8 nitrogen and oxygen atoms in total. The highest BCUT2D eigenvalue weighted by molar-refractivity contribution is 5.73. The third kappa shape index (κ3) is 4.84. The van der Waals surface area contributed by atoms with Gasteiger partial charge in [-0.1, -0.05) is 26.0 Å². The van der Waals surface area contributed by atoms with Gasteiger partial charge in [0.1, 0.15) is 11.5 Å². The summed E-state index contributed by atoms with van der Waals surface area (Å²) in [6.07, 6.45) is 0.586. The molecule has 1 aliphatic rings. The van der Waals surface area contributed by atoms with E-state index < -0.39 is 30.4 Å². The van der Waals surface area contributed by atoms with Crippen molar-refractivity contribution in [2.45, 2.75) is 32.1 Å². The highest BCUT2D eigenvalue weighted by atomic mass is 16.7. The number of rotatable bonds is 10. The van der Waals surface area contributed by atoms with Gasteiger partial charge in [0, 0.05) is 6.07 Å². The predicted octanol–water partition coefficient (Wildman–Crippen LogP) is 3.89. The molecule has 2 N–H and O–H groups in total. The van der Waals surface area contributed by atoms with Gasteiger partial charge in [0.2, 0.25) is 6.79 Å². The van der Waals surface area contributed by atoms with Crippen LogP contribution in [0.5, 0.6) is 23.0 Å². The summed E-state index contributed by atoms with van der Waals surface area (Å²) in [5.41, 5.74) is 1.45. The number of aliphatic carboxylic acids is 2. The normalized spacial score (nSPS) is 15.1. The molecule has 0 saturated heterocycles. The molecule has 166 valence electrons. The molecular weight excluding hydrogens is 404 g/mol. The van der Waals surface area contributed by atoms with Crippen molar-refractivity contribution in [3.63, 3.8) is 0 Å². The van der Waals surface area contributed by atoms with E-state index >= 15 is 0 Å². The zero-order valence-electron chi connectivity index (χ0n) is 17.7. The van der Waals surface area contributed by atoms with E-state index in [0.717, 1.165) is 5.56 Å². The molecule has 2 aromatic rings. The minimum atomic E-state index is -1.12. The van der Waals surface area contributed by atoms with Crippen molar-refractivity contribution in [1.29, 1.82) is 0 Å². The number of hydrogen-bond acceptors (Lipinski definition) is 6. The lowest BCUT2D eigenvalue weighted by Crippen LogP contribution is -2.27. The second-order valence-electron chi connectivity index (χ2n) is 7.37. The van der Waals surface area contributed by atoms with E-state index in [1.165, 1.54) is 7.11 Å². The highest BCUT2D eigenvalue weighted by Crippen LogP contribution is 2.44. The summed E-state index contributed by atoms with van der Waals surface area (Å²) in [5.74, 6) is -1.61. The third-order valence-corrected chi connectivity index (χ3v) is 5.58. The van der Waals surface area contributed by atoms with Crippen LogP contribution in [-0.4, -0.2) is 42.7 Å². The summed E-state index contributed by atoms with van der Waals surface area (Å²) in [6, 6.07) is 10.5. The molecule has 2 aromatic carbocycles. The zero-order chi connectivity index (χ0) is 22.5. The largest absolute Gasteiger partial charge is 0.497 e. The quantitative estimate of drug-likeness (QED) is 0.584. The molecular formula is C23H26O8. The van der Waals surface area contributed by atoms with E-state index in [9.17, 15) is 14.7 Å². The second kappa shape index (κ2) is 9.59. The maximum absolute atomic E-state index is 12.4. The van der Waals surface area contributed by atoms with Crippen molar-refractivity contribution in [2.24, 2.45) is 5.92 Å². The molecule has 3 unspecified atom stereocenters. The highest BCUT2D eigenvalue weighted by Gasteiger charge is 2.36. The molecule has 8 heteroatoms. The van der Waals surface area contributed by atoms with Gasteiger partial charge in [-0.25, -0.2) is 4.79 Å². The van der Waals surface area contributed by atoms with Crippen LogP contribution in [0, 0.1) is 5.92 Å². The molecule has 3 atom stereocenters. The van der Waals surface area contributed by atoms with Crippen LogP contribution in [0.2, 0.25) is 0 Å². The summed E-state index contributed by atoms with van der Waals surface area (Å²) < 4.78 is 21.5. The van der Waals surface area contributed by atoms with Crippen LogP contribution >= 0.6 is 0 Å². The summed E-state index contributed by atoms with van der Waals surface area (Å²) in [4.78, 5) is 23.4. The summed E-state index contributed by atoms with van der Waals surface area (Å²) in [6.45, 7) is 3.35. The van der Waals surface area contributed by atoms with Gasteiger partial charge in [-0.3, -0.25) is 4.79 Å². The van der Waals surface area contributed by atoms with Gasteiger partial charge in [0.05, 0.1) is 13.0 Å². The Morgan fingerprint density at radius 1 is 1.10 bits per heavy atom. The fourth-order valence-corrected chi connectivity index (χ4v) is 4.05. The van der Waals surface area contributed by atoms with E-state index in [4.69, 9.17) is 24.1 Å². The Hall–Kier alpha value is -3.42. The zero-order valence-corrected chi connectivity index (χ0v) is 17.7. The molecule has 0 bridgehead atoms. The number of hydrogen-bond donors (Lipinski definition) is 2. The van der Waals surface area contributed by atoms with Gasteiger partial charge in [0.25, 0.3) is 0 Å². The number of ether oxygens (including phenoxy) is 4. The Kier molecular flexibility index (Phi) is 6.89. The molecule has 0 amide bonds. The standard InChI is InChI=1S/C23H26O8/c1-4-16(14-5-8-18-20(9-14)31-12-30-18)22(23(26)27)13(2)17-7-6-15(28-3)10-19(17)29-11-21(24)25/h5-10,13,16,22H,4,11-12H2,1-3H3,(H,24,25)(H,26,27).